The molecule has 0 aliphatic rings. The molecule has 0 heterocycles. The molecule has 4 nitrogen and oxygen atoms in total. The lowest BCUT2D eigenvalue weighted by Gasteiger charge is -2.17. The van der Waals surface area contributed by atoms with Crippen LogP contribution in [-0.2, 0) is 0 Å². The Kier molecular flexibility index (Phi) is 6.41. The van der Waals surface area contributed by atoms with Crippen LogP contribution in [0.2, 0.25) is 0 Å². The van der Waals surface area contributed by atoms with Crippen LogP contribution in [0.4, 0.5) is 0 Å². The van der Waals surface area contributed by atoms with Gasteiger partial charge in [0.15, 0.2) is 0 Å². The van der Waals surface area contributed by atoms with Crippen LogP contribution in [0.1, 0.15) is 37.0 Å². The van der Waals surface area contributed by atoms with Gasteiger partial charge < -0.3 is 15.3 Å². The maximum absolute atomic E-state index is 12.2. The Hall–Kier alpha value is -2.07. The number of fused-ring (bicyclic) bond motifs is 1. The molecule has 0 atom stereocenters. The molecular formula is C19H26N2O2. The topological polar surface area (TPSA) is 52.6 Å². The van der Waals surface area contributed by atoms with E-state index < -0.39 is 0 Å². The number of rotatable bonds is 8. The van der Waals surface area contributed by atoms with E-state index >= 15 is 0 Å². The van der Waals surface area contributed by atoms with Crippen molar-refractivity contribution < 1.29 is 9.90 Å². The van der Waals surface area contributed by atoms with Crippen LogP contribution in [0.3, 0.4) is 0 Å². The van der Waals surface area contributed by atoms with Crippen molar-refractivity contribution in [3.8, 4) is 5.75 Å². The number of amides is 1. The molecule has 0 aliphatic carbocycles. The first-order valence-corrected chi connectivity index (χ1v) is 8.38. The molecule has 0 bridgehead atoms. The molecule has 0 spiro atoms. The third-order valence-electron chi connectivity index (χ3n) is 4.19. The van der Waals surface area contributed by atoms with Crippen LogP contribution in [0.25, 0.3) is 10.8 Å². The van der Waals surface area contributed by atoms with E-state index in [4.69, 9.17) is 0 Å². The minimum Gasteiger partial charge on any atom is -0.507 e. The molecule has 2 N–H and O–H groups in total. The number of benzene rings is 2. The van der Waals surface area contributed by atoms with Crippen molar-refractivity contribution >= 4 is 16.7 Å². The first kappa shape index (κ1) is 17.3. The van der Waals surface area contributed by atoms with Gasteiger partial charge in [0.1, 0.15) is 5.75 Å². The highest BCUT2D eigenvalue weighted by Crippen LogP contribution is 2.24. The molecule has 2 rings (SSSR count). The second-order valence-electron chi connectivity index (χ2n) is 5.71. The number of aromatic hydroxyl groups is 1. The normalized spacial score (nSPS) is 11.1. The molecule has 124 valence electrons. The summed E-state index contributed by atoms with van der Waals surface area (Å²) in [4.78, 5) is 14.6. The van der Waals surface area contributed by atoms with Crippen LogP contribution in [-0.4, -0.2) is 42.1 Å². The number of nitrogens with zero attached hydrogens (tertiary/aromatic N) is 1. The van der Waals surface area contributed by atoms with Crippen LogP contribution < -0.4 is 5.32 Å². The molecule has 0 unspecified atom stereocenters. The van der Waals surface area contributed by atoms with Crippen LogP contribution in [0, 0.1) is 0 Å². The summed E-state index contributed by atoms with van der Waals surface area (Å²) >= 11 is 0. The third-order valence-corrected chi connectivity index (χ3v) is 4.19. The first-order valence-electron chi connectivity index (χ1n) is 8.38. The zero-order valence-corrected chi connectivity index (χ0v) is 14.0. The standard InChI is InChI=1S/C19H26N2O2/c1-3-21(4-2)12-8-7-11-20-19(23)17-13-15-9-5-6-10-16(15)14-18(17)22/h5-6,9-10,13-14,22H,3-4,7-8,11-12H2,1-2H3,(H,20,23). The zero-order chi connectivity index (χ0) is 16.7. The van der Waals surface area contributed by atoms with Gasteiger partial charge in [0.25, 0.3) is 5.91 Å². The Morgan fingerprint density at radius 2 is 1.74 bits per heavy atom. The van der Waals surface area contributed by atoms with Crippen molar-refractivity contribution in [3.05, 3.63) is 42.0 Å². The van der Waals surface area contributed by atoms with Crippen molar-refractivity contribution in [1.29, 1.82) is 0 Å². The molecule has 0 aliphatic heterocycles. The van der Waals surface area contributed by atoms with Gasteiger partial charge in [-0.3, -0.25) is 4.79 Å². The summed E-state index contributed by atoms with van der Waals surface area (Å²) in [5, 5.41) is 14.8. The molecule has 0 fully saturated rings. The molecular weight excluding hydrogens is 288 g/mol. The smallest absolute Gasteiger partial charge is 0.255 e. The van der Waals surface area contributed by atoms with E-state index in [-0.39, 0.29) is 11.7 Å². The lowest BCUT2D eigenvalue weighted by Crippen LogP contribution is -2.27. The summed E-state index contributed by atoms with van der Waals surface area (Å²) in [6, 6.07) is 11.1. The first-order chi connectivity index (χ1) is 11.2. The van der Waals surface area contributed by atoms with Crippen molar-refractivity contribution in [3.63, 3.8) is 0 Å². The molecule has 0 aromatic heterocycles. The Labute approximate surface area is 138 Å². The van der Waals surface area contributed by atoms with Crippen molar-refractivity contribution in [1.82, 2.24) is 10.2 Å². The van der Waals surface area contributed by atoms with Gasteiger partial charge >= 0.3 is 0 Å². The molecule has 23 heavy (non-hydrogen) atoms. The minimum absolute atomic E-state index is 0.0318. The summed E-state index contributed by atoms with van der Waals surface area (Å²) in [6.45, 7) is 8.14. The quantitative estimate of drug-likeness (QED) is 0.734. The summed E-state index contributed by atoms with van der Waals surface area (Å²) < 4.78 is 0. The summed E-state index contributed by atoms with van der Waals surface area (Å²) in [6.07, 6.45) is 2.00. The van der Waals surface area contributed by atoms with Gasteiger partial charge in [-0.2, -0.15) is 0 Å². The molecule has 2 aromatic carbocycles. The Bertz CT molecular complexity index is 651. The van der Waals surface area contributed by atoms with Gasteiger partial charge in [-0.15, -0.1) is 0 Å². The average Bonchev–Trinajstić information content (AvgIpc) is 2.57. The molecule has 2 aromatic rings. The highest BCUT2D eigenvalue weighted by molar-refractivity contribution is 6.01. The molecule has 0 saturated carbocycles. The van der Waals surface area contributed by atoms with Gasteiger partial charge in [-0.1, -0.05) is 38.1 Å². The predicted octanol–water partition coefficient (Wildman–Crippen LogP) is 3.40. The molecule has 0 saturated heterocycles. The van der Waals surface area contributed by atoms with Crippen LogP contribution in [0.15, 0.2) is 36.4 Å². The van der Waals surface area contributed by atoms with Gasteiger partial charge in [0, 0.05) is 6.54 Å². The maximum atomic E-state index is 12.2. The Morgan fingerprint density at radius 1 is 1.09 bits per heavy atom. The van der Waals surface area contributed by atoms with Gasteiger partial charge in [-0.05, 0) is 55.4 Å². The highest BCUT2D eigenvalue weighted by Gasteiger charge is 2.11. The lowest BCUT2D eigenvalue weighted by molar-refractivity contribution is 0.0950. The highest BCUT2D eigenvalue weighted by atomic mass is 16.3. The van der Waals surface area contributed by atoms with Gasteiger partial charge in [0.2, 0.25) is 0 Å². The summed E-state index contributed by atoms with van der Waals surface area (Å²) in [5.41, 5.74) is 0.340. The summed E-state index contributed by atoms with van der Waals surface area (Å²) in [5.74, 6) is -0.180. The fraction of sp³-hybridized carbons (Fsp3) is 0.421. The van der Waals surface area contributed by atoms with E-state index in [1.54, 1.807) is 12.1 Å². The van der Waals surface area contributed by atoms with Gasteiger partial charge in [-0.25, -0.2) is 0 Å². The maximum Gasteiger partial charge on any atom is 0.255 e. The minimum atomic E-state index is -0.212. The van der Waals surface area contributed by atoms with E-state index in [1.165, 1.54) is 0 Å². The van der Waals surface area contributed by atoms with Gasteiger partial charge in [0.05, 0.1) is 5.56 Å². The second-order valence-corrected chi connectivity index (χ2v) is 5.71. The third kappa shape index (κ3) is 4.70. The second kappa shape index (κ2) is 8.53. The molecule has 0 radical (unpaired) electrons. The zero-order valence-electron chi connectivity index (χ0n) is 14.0. The molecule has 4 heteroatoms. The number of phenolic OH excluding ortho intramolecular Hbond substituents is 1. The number of hydrogen-bond donors (Lipinski definition) is 2. The Balaban J connectivity index is 1.87. The largest absolute Gasteiger partial charge is 0.507 e. The molecule has 1 amide bonds. The number of nitrogens with one attached hydrogen (secondary N) is 1. The lowest BCUT2D eigenvalue weighted by atomic mass is 10.1. The number of phenols is 1. The Morgan fingerprint density at radius 3 is 2.39 bits per heavy atom. The van der Waals surface area contributed by atoms with E-state index in [1.807, 2.05) is 24.3 Å². The number of hydrogen-bond acceptors (Lipinski definition) is 3. The van der Waals surface area contributed by atoms with Crippen molar-refractivity contribution in [2.24, 2.45) is 0 Å². The monoisotopic (exact) mass is 314 g/mol. The number of unbranched alkanes of at least 4 members (excludes halogenated alkanes) is 1. The SMILES string of the molecule is CCN(CC)CCCCNC(=O)c1cc2ccccc2cc1O. The van der Waals surface area contributed by atoms with E-state index in [2.05, 4.69) is 24.1 Å². The number of carbonyl (C=O) groups is 1. The fourth-order valence-corrected chi connectivity index (χ4v) is 2.71. The average molecular weight is 314 g/mol. The van der Waals surface area contributed by atoms with Crippen LogP contribution >= 0.6 is 0 Å². The van der Waals surface area contributed by atoms with Crippen molar-refractivity contribution in [2.75, 3.05) is 26.2 Å². The number of carbonyl (C=O) groups excluding carboxylic acids is 1. The van der Waals surface area contributed by atoms with E-state index in [0.717, 1.165) is 43.2 Å². The van der Waals surface area contributed by atoms with E-state index in [9.17, 15) is 9.90 Å². The predicted molar refractivity (Wildman–Crippen MR) is 95.0 cm³/mol. The van der Waals surface area contributed by atoms with Crippen molar-refractivity contribution in [2.45, 2.75) is 26.7 Å². The van der Waals surface area contributed by atoms with Crippen LogP contribution in [0.5, 0.6) is 5.75 Å². The fourth-order valence-electron chi connectivity index (χ4n) is 2.71. The van der Waals surface area contributed by atoms with E-state index in [0.29, 0.717) is 12.1 Å². The summed E-state index contributed by atoms with van der Waals surface area (Å²) in [7, 11) is 0.